The van der Waals surface area contributed by atoms with Crippen LogP contribution in [-0.4, -0.2) is 35.8 Å². The zero-order chi connectivity index (χ0) is 17.8. The van der Waals surface area contributed by atoms with Crippen molar-refractivity contribution < 1.29 is 9.59 Å². The van der Waals surface area contributed by atoms with E-state index >= 15 is 0 Å². The molecule has 0 unspecified atom stereocenters. The monoisotopic (exact) mass is 376 g/mol. The van der Waals surface area contributed by atoms with E-state index in [2.05, 4.69) is 5.32 Å². The van der Waals surface area contributed by atoms with E-state index in [0.29, 0.717) is 42.1 Å². The lowest BCUT2D eigenvalue weighted by atomic mass is 10.0. The van der Waals surface area contributed by atoms with Gasteiger partial charge in [0.2, 0.25) is 0 Å². The Morgan fingerprint density at radius 1 is 0.960 bits per heavy atom. The van der Waals surface area contributed by atoms with Crippen LogP contribution >= 0.6 is 23.2 Å². The first kappa shape index (κ1) is 17.8. The first-order valence-corrected chi connectivity index (χ1v) is 8.91. The van der Waals surface area contributed by atoms with Crippen molar-refractivity contribution in [3.8, 4) is 0 Å². The SMILES string of the molecule is O=C(NC1CCN(C(=O)c2cccc(Cl)c2Cl)CC1)c1ccccc1. The first-order valence-electron chi connectivity index (χ1n) is 8.15. The highest BCUT2D eigenvalue weighted by Gasteiger charge is 2.26. The van der Waals surface area contributed by atoms with Crippen LogP contribution in [0.25, 0.3) is 0 Å². The maximum atomic E-state index is 12.6. The van der Waals surface area contributed by atoms with E-state index in [-0.39, 0.29) is 22.9 Å². The maximum absolute atomic E-state index is 12.6. The fraction of sp³-hybridized carbons (Fsp3) is 0.263. The Balaban J connectivity index is 1.57. The average molecular weight is 377 g/mol. The van der Waals surface area contributed by atoms with Crippen LogP contribution in [0.2, 0.25) is 10.0 Å². The van der Waals surface area contributed by atoms with Crippen molar-refractivity contribution in [2.75, 3.05) is 13.1 Å². The number of piperidine rings is 1. The lowest BCUT2D eigenvalue weighted by Crippen LogP contribution is -2.46. The highest BCUT2D eigenvalue weighted by molar-refractivity contribution is 6.43. The van der Waals surface area contributed by atoms with Crippen molar-refractivity contribution in [2.24, 2.45) is 0 Å². The van der Waals surface area contributed by atoms with Crippen LogP contribution in [0.3, 0.4) is 0 Å². The average Bonchev–Trinajstić information content (AvgIpc) is 2.65. The second-order valence-electron chi connectivity index (χ2n) is 6.01. The van der Waals surface area contributed by atoms with Gasteiger partial charge in [0.15, 0.2) is 0 Å². The fourth-order valence-electron chi connectivity index (χ4n) is 2.92. The Bertz CT molecular complexity index is 772. The van der Waals surface area contributed by atoms with Crippen molar-refractivity contribution in [1.82, 2.24) is 10.2 Å². The number of likely N-dealkylation sites (tertiary alicyclic amines) is 1. The largest absolute Gasteiger partial charge is 0.349 e. The van der Waals surface area contributed by atoms with E-state index in [1.807, 2.05) is 18.2 Å². The molecule has 0 radical (unpaired) electrons. The Hall–Kier alpha value is -2.04. The van der Waals surface area contributed by atoms with Gasteiger partial charge < -0.3 is 10.2 Å². The molecule has 25 heavy (non-hydrogen) atoms. The molecule has 0 saturated carbocycles. The number of nitrogens with zero attached hydrogens (tertiary/aromatic N) is 1. The lowest BCUT2D eigenvalue weighted by molar-refractivity contribution is 0.0698. The molecule has 3 rings (SSSR count). The summed E-state index contributed by atoms with van der Waals surface area (Å²) < 4.78 is 0. The van der Waals surface area contributed by atoms with Crippen LogP contribution in [0.5, 0.6) is 0 Å². The van der Waals surface area contributed by atoms with Gasteiger partial charge in [-0.1, -0.05) is 47.5 Å². The second kappa shape index (κ2) is 7.89. The van der Waals surface area contributed by atoms with E-state index in [1.54, 1.807) is 35.2 Å². The molecule has 0 aromatic heterocycles. The quantitative estimate of drug-likeness (QED) is 0.878. The fourth-order valence-corrected chi connectivity index (χ4v) is 3.31. The summed E-state index contributed by atoms with van der Waals surface area (Å²) in [6.45, 7) is 1.14. The molecular formula is C19H18Cl2N2O2. The minimum Gasteiger partial charge on any atom is -0.349 e. The normalized spacial score (nSPS) is 15.0. The standard InChI is InChI=1S/C19H18Cl2N2O2/c20-16-8-4-7-15(17(16)21)19(25)23-11-9-14(10-12-23)22-18(24)13-5-2-1-3-6-13/h1-8,14H,9-12H2,(H,22,24). The van der Waals surface area contributed by atoms with Crippen molar-refractivity contribution in [1.29, 1.82) is 0 Å². The van der Waals surface area contributed by atoms with Gasteiger partial charge in [-0.15, -0.1) is 0 Å². The molecule has 1 fully saturated rings. The zero-order valence-corrected chi connectivity index (χ0v) is 15.1. The number of benzene rings is 2. The molecule has 1 N–H and O–H groups in total. The minimum absolute atomic E-state index is 0.0617. The van der Waals surface area contributed by atoms with E-state index in [1.165, 1.54) is 0 Å². The summed E-state index contributed by atoms with van der Waals surface area (Å²) in [5, 5.41) is 3.69. The summed E-state index contributed by atoms with van der Waals surface area (Å²) in [5.41, 5.74) is 1.06. The van der Waals surface area contributed by atoms with Gasteiger partial charge in [0.25, 0.3) is 11.8 Å². The number of halogens is 2. The predicted molar refractivity (Wildman–Crippen MR) is 99.3 cm³/mol. The Labute approximate surface area is 156 Å². The predicted octanol–water partition coefficient (Wildman–Crippen LogP) is 4.03. The Morgan fingerprint density at radius 2 is 1.64 bits per heavy atom. The summed E-state index contributed by atoms with van der Waals surface area (Å²) in [6.07, 6.45) is 1.42. The third-order valence-corrected chi connectivity index (χ3v) is 5.15. The van der Waals surface area contributed by atoms with Gasteiger partial charge in [-0.3, -0.25) is 9.59 Å². The van der Waals surface area contributed by atoms with Crippen LogP contribution in [0, 0.1) is 0 Å². The van der Waals surface area contributed by atoms with Crippen molar-refractivity contribution in [2.45, 2.75) is 18.9 Å². The number of carbonyl (C=O) groups excluding carboxylic acids is 2. The van der Waals surface area contributed by atoms with E-state index in [0.717, 1.165) is 0 Å². The van der Waals surface area contributed by atoms with Crippen LogP contribution in [0.1, 0.15) is 33.6 Å². The molecule has 6 heteroatoms. The van der Waals surface area contributed by atoms with Crippen molar-refractivity contribution in [3.63, 3.8) is 0 Å². The van der Waals surface area contributed by atoms with E-state index < -0.39 is 0 Å². The molecule has 2 amide bonds. The number of rotatable bonds is 3. The van der Waals surface area contributed by atoms with E-state index in [4.69, 9.17) is 23.2 Å². The molecule has 0 atom stereocenters. The third kappa shape index (κ3) is 4.14. The second-order valence-corrected chi connectivity index (χ2v) is 6.79. The lowest BCUT2D eigenvalue weighted by Gasteiger charge is -2.32. The van der Waals surface area contributed by atoms with Gasteiger partial charge in [0.1, 0.15) is 0 Å². The van der Waals surface area contributed by atoms with Gasteiger partial charge in [0.05, 0.1) is 15.6 Å². The van der Waals surface area contributed by atoms with Gasteiger partial charge >= 0.3 is 0 Å². The number of nitrogens with one attached hydrogen (secondary N) is 1. The highest BCUT2D eigenvalue weighted by Crippen LogP contribution is 2.27. The van der Waals surface area contributed by atoms with Crippen molar-refractivity contribution in [3.05, 3.63) is 69.7 Å². The minimum atomic E-state index is -0.125. The molecule has 2 aromatic carbocycles. The maximum Gasteiger partial charge on any atom is 0.255 e. The molecule has 2 aromatic rings. The Kier molecular flexibility index (Phi) is 5.61. The summed E-state index contributed by atoms with van der Waals surface area (Å²) in [6, 6.07) is 14.2. The summed E-state index contributed by atoms with van der Waals surface area (Å²) in [7, 11) is 0. The highest BCUT2D eigenvalue weighted by atomic mass is 35.5. The van der Waals surface area contributed by atoms with Crippen LogP contribution in [-0.2, 0) is 0 Å². The van der Waals surface area contributed by atoms with Gasteiger partial charge in [-0.05, 0) is 37.1 Å². The molecule has 130 valence electrons. The third-order valence-electron chi connectivity index (χ3n) is 4.34. The zero-order valence-electron chi connectivity index (χ0n) is 13.5. The Morgan fingerprint density at radius 3 is 2.32 bits per heavy atom. The molecule has 1 aliphatic heterocycles. The molecule has 4 nitrogen and oxygen atoms in total. The summed E-state index contributed by atoms with van der Waals surface area (Å²) in [4.78, 5) is 26.6. The number of amides is 2. The molecule has 1 aliphatic rings. The molecular weight excluding hydrogens is 359 g/mol. The van der Waals surface area contributed by atoms with Gasteiger partial charge in [-0.25, -0.2) is 0 Å². The first-order chi connectivity index (χ1) is 12.1. The summed E-state index contributed by atoms with van der Waals surface area (Å²) >= 11 is 12.1. The smallest absolute Gasteiger partial charge is 0.255 e. The van der Waals surface area contributed by atoms with E-state index in [9.17, 15) is 9.59 Å². The van der Waals surface area contributed by atoms with Crippen LogP contribution in [0.15, 0.2) is 48.5 Å². The van der Waals surface area contributed by atoms with Crippen molar-refractivity contribution >= 4 is 35.0 Å². The van der Waals surface area contributed by atoms with Crippen LogP contribution in [0.4, 0.5) is 0 Å². The molecule has 0 bridgehead atoms. The molecule has 1 heterocycles. The number of hydrogen-bond donors (Lipinski definition) is 1. The van der Waals surface area contributed by atoms with Crippen LogP contribution < -0.4 is 5.32 Å². The summed E-state index contributed by atoms with van der Waals surface area (Å²) in [5.74, 6) is -0.205. The topological polar surface area (TPSA) is 49.4 Å². The molecule has 0 aliphatic carbocycles. The number of hydrogen-bond acceptors (Lipinski definition) is 2. The molecule has 1 saturated heterocycles. The van der Waals surface area contributed by atoms with Gasteiger partial charge in [0, 0.05) is 24.7 Å². The molecule has 0 spiro atoms. The number of carbonyl (C=O) groups is 2. The van der Waals surface area contributed by atoms with Gasteiger partial charge in [-0.2, -0.15) is 0 Å².